The van der Waals surface area contributed by atoms with Crippen molar-refractivity contribution in [1.82, 2.24) is 0 Å². The SMILES string of the molecule is COc1cccc(N2C(=O)C3C4C=CC(C3C2=O)C2C3C(=O)N(c5cccc(OC)c5)C(=O)C3C42)c1. The van der Waals surface area contributed by atoms with Crippen LogP contribution in [0.3, 0.4) is 0 Å². The van der Waals surface area contributed by atoms with Crippen LogP contribution in [-0.4, -0.2) is 37.8 Å². The molecule has 4 aliphatic carbocycles. The standard InChI is InChI=1S/C28H24N2O6/c1-35-15-7-3-5-13(11-15)29-25(31)21-17-9-10-18(22(21)26(29)32)20-19(17)23-24(20)28(34)30(27(23)33)14-6-4-8-16(12-14)36-2/h3-12,17-24H,1-2H3. The number of hydrogen-bond donors (Lipinski definition) is 0. The number of rotatable bonds is 4. The predicted octanol–water partition coefficient (Wildman–Crippen LogP) is 2.68. The second-order valence-corrected chi connectivity index (χ2v) is 10.2. The van der Waals surface area contributed by atoms with Gasteiger partial charge in [0.25, 0.3) is 0 Å². The Bertz CT molecular complexity index is 1330. The molecule has 6 aliphatic rings. The molecule has 2 aromatic carbocycles. The lowest BCUT2D eigenvalue weighted by Gasteiger charge is -2.60. The van der Waals surface area contributed by atoms with Crippen molar-refractivity contribution in [2.45, 2.75) is 0 Å². The zero-order valence-electron chi connectivity index (χ0n) is 19.7. The average molecular weight is 485 g/mol. The Kier molecular flexibility index (Phi) is 4.32. The fraction of sp³-hybridized carbons (Fsp3) is 0.357. The second-order valence-electron chi connectivity index (χ2n) is 10.2. The maximum atomic E-state index is 13.7. The van der Waals surface area contributed by atoms with Crippen molar-refractivity contribution in [3.05, 3.63) is 60.7 Å². The molecular weight excluding hydrogens is 460 g/mol. The van der Waals surface area contributed by atoms with Crippen molar-refractivity contribution < 1.29 is 28.7 Å². The minimum atomic E-state index is -0.519. The lowest BCUT2D eigenvalue weighted by molar-refractivity contribution is -0.166. The van der Waals surface area contributed by atoms with Gasteiger partial charge in [-0.2, -0.15) is 0 Å². The summed E-state index contributed by atoms with van der Waals surface area (Å²) in [7, 11) is 3.08. The fourth-order valence-electron chi connectivity index (χ4n) is 7.61. The maximum Gasteiger partial charge on any atom is 0.238 e. The third kappa shape index (κ3) is 2.49. The van der Waals surface area contributed by atoms with Crippen LogP contribution in [0.15, 0.2) is 60.7 Å². The Morgan fingerprint density at radius 3 is 1.36 bits per heavy atom. The molecule has 2 saturated carbocycles. The minimum absolute atomic E-state index is 0.125. The summed E-state index contributed by atoms with van der Waals surface area (Å²) in [5, 5.41) is 0. The van der Waals surface area contributed by atoms with Crippen molar-refractivity contribution in [3.63, 3.8) is 0 Å². The number of fused-ring (bicyclic) bond motifs is 1. The van der Waals surface area contributed by atoms with Gasteiger partial charge in [0.05, 0.1) is 49.3 Å². The van der Waals surface area contributed by atoms with Crippen molar-refractivity contribution in [2.24, 2.45) is 47.3 Å². The second kappa shape index (κ2) is 7.29. The number of methoxy groups -OCH3 is 2. The molecule has 2 heterocycles. The van der Waals surface area contributed by atoms with Crippen molar-refractivity contribution in [1.29, 1.82) is 0 Å². The molecule has 36 heavy (non-hydrogen) atoms. The van der Waals surface area contributed by atoms with Gasteiger partial charge in [-0.25, -0.2) is 9.80 Å². The summed E-state index contributed by atoms with van der Waals surface area (Å²) >= 11 is 0. The first kappa shape index (κ1) is 21.4. The molecule has 0 N–H and O–H groups in total. The Morgan fingerprint density at radius 1 is 0.583 bits per heavy atom. The first-order chi connectivity index (χ1) is 17.5. The van der Waals surface area contributed by atoms with Crippen molar-refractivity contribution in [2.75, 3.05) is 24.0 Å². The molecule has 2 aromatic rings. The molecule has 2 aliphatic heterocycles. The Balaban J connectivity index is 1.24. The lowest BCUT2D eigenvalue weighted by Crippen LogP contribution is -2.63. The van der Waals surface area contributed by atoms with Crippen LogP contribution < -0.4 is 19.3 Å². The van der Waals surface area contributed by atoms with Gasteiger partial charge in [-0.15, -0.1) is 0 Å². The molecule has 8 unspecified atom stereocenters. The zero-order valence-corrected chi connectivity index (χ0v) is 19.7. The molecule has 8 rings (SSSR count). The topological polar surface area (TPSA) is 93.2 Å². The van der Waals surface area contributed by atoms with Gasteiger partial charge in [0, 0.05) is 12.1 Å². The van der Waals surface area contributed by atoms with E-state index < -0.39 is 23.7 Å². The molecular formula is C28H24N2O6. The number of hydrogen-bond acceptors (Lipinski definition) is 6. The first-order valence-corrected chi connectivity index (χ1v) is 12.2. The highest BCUT2D eigenvalue weighted by Crippen LogP contribution is 2.68. The number of carbonyl (C=O) groups excluding carboxylic acids is 4. The number of ether oxygens (including phenoxy) is 2. The summed E-state index contributed by atoms with van der Waals surface area (Å²) in [5.74, 6) is -2.52. The summed E-state index contributed by atoms with van der Waals surface area (Å²) in [6.45, 7) is 0. The third-order valence-corrected chi connectivity index (χ3v) is 8.97. The summed E-state index contributed by atoms with van der Waals surface area (Å²) in [6.07, 6.45) is 4.02. The van der Waals surface area contributed by atoms with Gasteiger partial charge in [-0.05, 0) is 47.9 Å². The highest BCUT2D eigenvalue weighted by Gasteiger charge is 2.75. The normalized spacial score (nSPS) is 35.5. The number of carbonyl (C=O) groups is 4. The van der Waals surface area contributed by atoms with E-state index >= 15 is 0 Å². The van der Waals surface area contributed by atoms with Gasteiger partial charge in [0.15, 0.2) is 0 Å². The van der Waals surface area contributed by atoms with E-state index in [0.29, 0.717) is 22.9 Å². The van der Waals surface area contributed by atoms with E-state index in [9.17, 15) is 19.2 Å². The van der Waals surface area contributed by atoms with Crippen LogP contribution >= 0.6 is 0 Å². The van der Waals surface area contributed by atoms with Gasteiger partial charge in [0.1, 0.15) is 11.5 Å². The van der Waals surface area contributed by atoms with Crippen LogP contribution in [0, 0.1) is 47.3 Å². The first-order valence-electron chi connectivity index (χ1n) is 12.2. The molecule has 2 bridgehead atoms. The Hall–Kier alpha value is -3.94. The van der Waals surface area contributed by atoms with Crippen LogP contribution in [0.4, 0.5) is 11.4 Å². The van der Waals surface area contributed by atoms with Crippen LogP contribution in [0.5, 0.6) is 11.5 Å². The monoisotopic (exact) mass is 484 g/mol. The van der Waals surface area contributed by atoms with Crippen LogP contribution in [0.1, 0.15) is 0 Å². The molecule has 2 saturated heterocycles. The van der Waals surface area contributed by atoms with E-state index in [1.807, 2.05) is 12.2 Å². The van der Waals surface area contributed by atoms with Crippen LogP contribution in [0.25, 0.3) is 0 Å². The van der Waals surface area contributed by atoms with E-state index in [1.54, 1.807) is 48.5 Å². The minimum Gasteiger partial charge on any atom is -0.497 e. The van der Waals surface area contributed by atoms with E-state index in [2.05, 4.69) is 0 Å². The molecule has 0 spiro atoms. The van der Waals surface area contributed by atoms with Gasteiger partial charge in [-0.1, -0.05) is 24.3 Å². The van der Waals surface area contributed by atoms with E-state index in [-0.39, 0.29) is 47.3 Å². The van der Waals surface area contributed by atoms with Gasteiger partial charge in [0.2, 0.25) is 23.6 Å². The smallest absolute Gasteiger partial charge is 0.238 e. The maximum absolute atomic E-state index is 13.7. The van der Waals surface area contributed by atoms with Gasteiger partial charge in [-0.3, -0.25) is 19.2 Å². The number of nitrogens with zero attached hydrogens (tertiary/aromatic N) is 2. The van der Waals surface area contributed by atoms with Crippen molar-refractivity contribution >= 4 is 35.0 Å². The number of benzene rings is 2. The van der Waals surface area contributed by atoms with E-state index in [0.717, 1.165) is 0 Å². The Labute approximate surface area is 207 Å². The Morgan fingerprint density at radius 2 is 0.972 bits per heavy atom. The molecule has 8 nitrogen and oxygen atoms in total. The molecule has 8 atom stereocenters. The molecule has 0 radical (unpaired) electrons. The van der Waals surface area contributed by atoms with E-state index in [1.165, 1.54) is 24.0 Å². The molecule has 4 fully saturated rings. The predicted molar refractivity (Wildman–Crippen MR) is 128 cm³/mol. The highest BCUT2D eigenvalue weighted by atomic mass is 16.5. The molecule has 0 aromatic heterocycles. The average Bonchev–Trinajstić information content (AvgIpc) is 3.27. The fourth-order valence-corrected chi connectivity index (χ4v) is 7.61. The molecule has 4 amide bonds. The number of amides is 4. The number of imide groups is 2. The van der Waals surface area contributed by atoms with Crippen LogP contribution in [0.2, 0.25) is 0 Å². The summed E-state index contributed by atoms with van der Waals surface area (Å²) in [5.41, 5.74) is 0.981. The van der Waals surface area contributed by atoms with E-state index in [4.69, 9.17) is 9.47 Å². The molecule has 8 heteroatoms. The quantitative estimate of drug-likeness (QED) is 0.489. The van der Waals surface area contributed by atoms with Gasteiger partial charge < -0.3 is 9.47 Å². The summed E-state index contributed by atoms with van der Waals surface area (Å²) in [6, 6.07) is 13.9. The molecule has 182 valence electrons. The number of allylic oxidation sites excluding steroid dienone is 2. The number of anilines is 2. The summed E-state index contributed by atoms with van der Waals surface area (Å²) < 4.78 is 10.6. The van der Waals surface area contributed by atoms with Crippen molar-refractivity contribution in [3.8, 4) is 11.5 Å². The van der Waals surface area contributed by atoms with Crippen LogP contribution in [-0.2, 0) is 19.2 Å². The highest BCUT2D eigenvalue weighted by molar-refractivity contribution is 6.25. The third-order valence-electron chi connectivity index (χ3n) is 8.97. The summed E-state index contributed by atoms with van der Waals surface area (Å²) in [4.78, 5) is 57.0. The van der Waals surface area contributed by atoms with Gasteiger partial charge >= 0.3 is 0 Å². The largest absolute Gasteiger partial charge is 0.497 e. The lowest BCUT2D eigenvalue weighted by atomic mass is 9.40. The zero-order chi connectivity index (χ0) is 24.9.